The summed E-state index contributed by atoms with van der Waals surface area (Å²) >= 11 is 0. The molecule has 0 unspecified atom stereocenters. The Hall–Kier alpha value is -4.53. The number of primary amides is 1. The predicted octanol–water partition coefficient (Wildman–Crippen LogP) is 3.90. The van der Waals surface area contributed by atoms with E-state index in [0.717, 1.165) is 17.4 Å². The van der Waals surface area contributed by atoms with Gasteiger partial charge in [-0.1, -0.05) is 24.3 Å². The van der Waals surface area contributed by atoms with Crippen molar-refractivity contribution in [3.63, 3.8) is 0 Å². The predicted molar refractivity (Wildman–Crippen MR) is 119 cm³/mol. The molecule has 32 heavy (non-hydrogen) atoms. The number of benzene rings is 2. The molecule has 0 bridgehead atoms. The summed E-state index contributed by atoms with van der Waals surface area (Å²) in [6.07, 6.45) is 6.27. The van der Waals surface area contributed by atoms with Gasteiger partial charge in [0.25, 0.3) is 5.91 Å². The average molecular weight is 427 g/mol. The van der Waals surface area contributed by atoms with Crippen LogP contribution in [0.3, 0.4) is 0 Å². The van der Waals surface area contributed by atoms with Gasteiger partial charge >= 0.3 is 0 Å². The van der Waals surface area contributed by atoms with Gasteiger partial charge in [-0.3, -0.25) is 9.36 Å². The maximum atomic E-state index is 14.7. The van der Waals surface area contributed by atoms with E-state index in [1.165, 1.54) is 10.8 Å². The number of aromatic nitrogens is 5. The van der Waals surface area contributed by atoms with Crippen LogP contribution in [0, 0.1) is 12.7 Å². The number of carbonyl (C=O) groups is 1. The van der Waals surface area contributed by atoms with Crippen LogP contribution < -0.4 is 11.1 Å². The van der Waals surface area contributed by atoms with Crippen LogP contribution >= 0.6 is 0 Å². The first-order chi connectivity index (χ1) is 15.5. The summed E-state index contributed by atoms with van der Waals surface area (Å²) in [6.45, 7) is 1.97. The Balaban J connectivity index is 1.54. The van der Waals surface area contributed by atoms with Crippen LogP contribution in [0.4, 0.5) is 16.0 Å². The van der Waals surface area contributed by atoms with Crippen LogP contribution in [0.1, 0.15) is 15.9 Å². The highest BCUT2D eigenvalue weighted by Crippen LogP contribution is 2.26. The fourth-order valence-corrected chi connectivity index (χ4v) is 3.55. The monoisotopic (exact) mass is 427 g/mol. The van der Waals surface area contributed by atoms with E-state index in [2.05, 4.69) is 20.4 Å². The zero-order valence-electron chi connectivity index (χ0n) is 17.0. The Bertz CT molecular complexity index is 1470. The number of para-hydroxylation sites is 1. The molecule has 0 spiro atoms. The van der Waals surface area contributed by atoms with Crippen LogP contribution in [-0.4, -0.2) is 30.2 Å². The molecule has 0 atom stereocenters. The standard InChI is InChI=1S/C23H18FN7O/c1-14-10-27-31(12-14)16-6-4-5-15(9-16)28-23-26-11-19(24)22(29-23)30-13-18(21(25)32)17-7-2-3-8-20(17)30/h2-13H,1H3,(H2,25,32)(H,26,28,29). The summed E-state index contributed by atoms with van der Waals surface area (Å²) in [7, 11) is 0. The summed E-state index contributed by atoms with van der Waals surface area (Å²) in [4.78, 5) is 20.3. The first-order valence-electron chi connectivity index (χ1n) is 9.81. The highest BCUT2D eigenvalue weighted by molar-refractivity contribution is 6.06. The van der Waals surface area contributed by atoms with Crippen LogP contribution in [0.15, 0.2) is 73.3 Å². The number of nitrogens with zero attached hydrogens (tertiary/aromatic N) is 5. The van der Waals surface area contributed by atoms with Gasteiger partial charge in [-0.15, -0.1) is 0 Å². The average Bonchev–Trinajstić information content (AvgIpc) is 3.39. The molecule has 5 rings (SSSR count). The number of halogens is 1. The SMILES string of the molecule is Cc1cnn(-c2cccc(Nc3ncc(F)c(-n4cc(C(N)=O)c5ccccc54)n3)c2)c1. The lowest BCUT2D eigenvalue weighted by atomic mass is 10.2. The molecule has 0 aliphatic carbocycles. The highest BCUT2D eigenvalue weighted by Gasteiger charge is 2.17. The first-order valence-corrected chi connectivity index (χ1v) is 9.81. The van der Waals surface area contributed by atoms with E-state index >= 15 is 0 Å². The van der Waals surface area contributed by atoms with Crippen molar-refractivity contribution in [1.29, 1.82) is 0 Å². The number of nitrogens with one attached hydrogen (secondary N) is 1. The van der Waals surface area contributed by atoms with Crippen molar-refractivity contribution < 1.29 is 9.18 Å². The number of fused-ring (bicyclic) bond motifs is 1. The Labute approximate surface area is 182 Å². The number of amides is 1. The molecule has 0 aliphatic heterocycles. The van der Waals surface area contributed by atoms with Gasteiger partial charge in [0.1, 0.15) is 0 Å². The summed E-state index contributed by atoms with van der Waals surface area (Å²) in [5, 5.41) is 8.03. The third-order valence-electron chi connectivity index (χ3n) is 5.01. The molecule has 0 fully saturated rings. The van der Waals surface area contributed by atoms with Gasteiger partial charge in [-0.2, -0.15) is 10.1 Å². The topological polar surface area (TPSA) is 104 Å². The number of carbonyl (C=O) groups excluding carboxylic acids is 1. The molecule has 0 radical (unpaired) electrons. The maximum absolute atomic E-state index is 14.7. The van der Waals surface area contributed by atoms with E-state index in [1.54, 1.807) is 35.1 Å². The lowest BCUT2D eigenvalue weighted by Gasteiger charge is -2.10. The maximum Gasteiger partial charge on any atom is 0.250 e. The van der Waals surface area contributed by atoms with Gasteiger partial charge < -0.3 is 11.1 Å². The molecule has 0 saturated carbocycles. The summed E-state index contributed by atoms with van der Waals surface area (Å²) in [6, 6.07) is 14.6. The number of hydrogen-bond acceptors (Lipinski definition) is 5. The zero-order valence-corrected chi connectivity index (χ0v) is 17.0. The largest absolute Gasteiger partial charge is 0.366 e. The highest BCUT2D eigenvalue weighted by atomic mass is 19.1. The van der Waals surface area contributed by atoms with Crippen molar-refractivity contribution in [2.75, 3.05) is 5.32 Å². The van der Waals surface area contributed by atoms with Crippen molar-refractivity contribution in [3.8, 4) is 11.5 Å². The molecule has 3 heterocycles. The number of hydrogen-bond donors (Lipinski definition) is 2. The molecular formula is C23H18FN7O. The molecule has 0 aliphatic rings. The van der Waals surface area contributed by atoms with Crippen LogP contribution in [0.2, 0.25) is 0 Å². The molecule has 1 amide bonds. The normalized spacial score (nSPS) is 11.1. The molecular weight excluding hydrogens is 409 g/mol. The fraction of sp³-hybridized carbons (Fsp3) is 0.0435. The number of aryl methyl sites for hydroxylation is 1. The molecule has 5 aromatic rings. The molecule has 9 heteroatoms. The molecule has 2 aromatic carbocycles. The minimum atomic E-state index is -0.631. The Morgan fingerprint density at radius 1 is 1.09 bits per heavy atom. The van der Waals surface area contributed by atoms with Gasteiger partial charge in [0, 0.05) is 23.5 Å². The zero-order chi connectivity index (χ0) is 22.2. The van der Waals surface area contributed by atoms with Gasteiger partial charge in [0.15, 0.2) is 11.6 Å². The van der Waals surface area contributed by atoms with E-state index in [1.807, 2.05) is 37.4 Å². The minimum Gasteiger partial charge on any atom is -0.366 e. The molecule has 8 nitrogen and oxygen atoms in total. The van der Waals surface area contributed by atoms with E-state index < -0.39 is 11.7 Å². The van der Waals surface area contributed by atoms with E-state index in [9.17, 15) is 9.18 Å². The number of nitrogens with two attached hydrogens (primary N) is 1. The molecule has 158 valence electrons. The third-order valence-corrected chi connectivity index (χ3v) is 5.01. The molecule has 3 aromatic heterocycles. The van der Waals surface area contributed by atoms with Gasteiger partial charge in [0.2, 0.25) is 5.95 Å². The van der Waals surface area contributed by atoms with Gasteiger partial charge in [-0.25, -0.2) is 14.1 Å². The lowest BCUT2D eigenvalue weighted by molar-refractivity contribution is 0.100. The fourth-order valence-electron chi connectivity index (χ4n) is 3.55. The number of rotatable bonds is 5. The van der Waals surface area contributed by atoms with Gasteiger partial charge in [0.05, 0.1) is 29.2 Å². The second-order valence-electron chi connectivity index (χ2n) is 7.30. The van der Waals surface area contributed by atoms with E-state index in [0.29, 0.717) is 16.6 Å². The summed E-state index contributed by atoms with van der Waals surface area (Å²) in [5.41, 5.74) is 9.02. The third kappa shape index (κ3) is 3.45. The molecule has 0 saturated heterocycles. The molecule has 3 N–H and O–H groups in total. The van der Waals surface area contributed by atoms with Crippen molar-refractivity contribution in [3.05, 3.63) is 90.3 Å². The van der Waals surface area contributed by atoms with E-state index in [-0.39, 0.29) is 17.3 Å². The van der Waals surface area contributed by atoms with Crippen molar-refractivity contribution in [2.45, 2.75) is 6.92 Å². The number of anilines is 2. The summed E-state index contributed by atoms with van der Waals surface area (Å²) < 4.78 is 18.0. The lowest BCUT2D eigenvalue weighted by Crippen LogP contribution is -2.10. The minimum absolute atomic E-state index is 0.00468. The van der Waals surface area contributed by atoms with Crippen LogP contribution in [0.5, 0.6) is 0 Å². The smallest absolute Gasteiger partial charge is 0.250 e. The summed E-state index contributed by atoms with van der Waals surface area (Å²) in [5.74, 6) is -1.02. The van der Waals surface area contributed by atoms with Crippen molar-refractivity contribution >= 4 is 28.4 Å². The van der Waals surface area contributed by atoms with E-state index in [4.69, 9.17) is 5.73 Å². The Morgan fingerprint density at radius 2 is 1.94 bits per heavy atom. The van der Waals surface area contributed by atoms with Crippen LogP contribution in [0.25, 0.3) is 22.4 Å². The quantitative estimate of drug-likeness (QED) is 0.443. The van der Waals surface area contributed by atoms with Crippen molar-refractivity contribution in [2.24, 2.45) is 5.73 Å². The second kappa shape index (κ2) is 7.62. The first kappa shape index (κ1) is 19.4. The van der Waals surface area contributed by atoms with Gasteiger partial charge in [-0.05, 0) is 36.8 Å². The Kier molecular flexibility index (Phi) is 4.63. The second-order valence-corrected chi connectivity index (χ2v) is 7.30. The Morgan fingerprint density at radius 3 is 2.72 bits per heavy atom. The van der Waals surface area contributed by atoms with Crippen LogP contribution in [-0.2, 0) is 0 Å². The van der Waals surface area contributed by atoms with Crippen molar-refractivity contribution in [1.82, 2.24) is 24.3 Å².